The van der Waals surface area contributed by atoms with Crippen molar-refractivity contribution in [3.63, 3.8) is 0 Å². The van der Waals surface area contributed by atoms with Crippen molar-refractivity contribution in [3.05, 3.63) is 93.1 Å². The molecule has 4 rings (SSSR count). The molecule has 0 radical (unpaired) electrons. The second kappa shape index (κ2) is 7.40. The smallest absolute Gasteiger partial charge is 0.0136 e. The van der Waals surface area contributed by atoms with E-state index in [-0.39, 0.29) is 0 Å². The summed E-state index contributed by atoms with van der Waals surface area (Å²) in [6.07, 6.45) is 8.07. The van der Waals surface area contributed by atoms with Crippen molar-refractivity contribution in [2.45, 2.75) is 26.2 Å². The Morgan fingerprint density at radius 1 is 1.00 bits per heavy atom. The molecule has 1 heteroatoms. The molecule has 3 aromatic carbocycles. The topological polar surface area (TPSA) is 0 Å². The Morgan fingerprint density at radius 2 is 1.77 bits per heavy atom. The Labute approximate surface area is 169 Å². The van der Waals surface area contributed by atoms with Crippen molar-refractivity contribution < 1.29 is 0 Å². The molecule has 0 saturated heterocycles. The molecule has 1 aliphatic rings. The molecule has 26 heavy (non-hydrogen) atoms. The first-order valence-electron chi connectivity index (χ1n) is 9.27. The number of rotatable bonds is 3. The maximum Gasteiger partial charge on any atom is 0.0136 e. The lowest BCUT2D eigenvalue weighted by Gasteiger charge is -2.28. The summed E-state index contributed by atoms with van der Waals surface area (Å²) in [5.41, 5.74) is 5.63. The summed E-state index contributed by atoms with van der Waals surface area (Å²) in [6, 6.07) is 22.3. The summed E-state index contributed by atoms with van der Waals surface area (Å²) in [5.74, 6) is 1.09. The zero-order chi connectivity index (χ0) is 18.1. The SMILES string of the molecule is C/C=C(\CC1C=Cc2ccccc2C1C)c1ccc2cc(I)ccc2c1. The molecule has 0 nitrogen and oxygen atoms in total. The van der Waals surface area contributed by atoms with E-state index in [1.807, 2.05) is 0 Å². The van der Waals surface area contributed by atoms with E-state index in [0.717, 1.165) is 6.42 Å². The molecular weight excluding hydrogens is 427 g/mol. The van der Waals surface area contributed by atoms with Gasteiger partial charge in [-0.25, -0.2) is 0 Å². The minimum atomic E-state index is 0.545. The van der Waals surface area contributed by atoms with Gasteiger partial charge in [-0.3, -0.25) is 0 Å². The molecule has 0 aromatic heterocycles. The molecule has 0 N–H and O–H groups in total. The van der Waals surface area contributed by atoms with Gasteiger partial charge in [-0.1, -0.05) is 67.6 Å². The first-order valence-corrected chi connectivity index (χ1v) is 10.4. The maximum absolute atomic E-state index is 2.40. The number of fused-ring (bicyclic) bond motifs is 2. The van der Waals surface area contributed by atoms with Gasteiger partial charge in [-0.05, 0) is 99.0 Å². The van der Waals surface area contributed by atoms with E-state index in [9.17, 15) is 0 Å². The highest BCUT2D eigenvalue weighted by atomic mass is 127. The Hall–Kier alpha value is -1.87. The molecule has 130 valence electrons. The van der Waals surface area contributed by atoms with Crippen molar-refractivity contribution >= 4 is 45.0 Å². The van der Waals surface area contributed by atoms with Crippen LogP contribution in [-0.4, -0.2) is 0 Å². The predicted molar refractivity (Wildman–Crippen MR) is 122 cm³/mol. The van der Waals surface area contributed by atoms with Crippen LogP contribution in [0.1, 0.15) is 42.9 Å². The van der Waals surface area contributed by atoms with Crippen molar-refractivity contribution in [2.75, 3.05) is 0 Å². The fourth-order valence-corrected chi connectivity index (χ4v) is 4.53. The van der Waals surface area contributed by atoms with Crippen LogP contribution in [0.3, 0.4) is 0 Å². The van der Waals surface area contributed by atoms with E-state index in [4.69, 9.17) is 0 Å². The first kappa shape index (κ1) is 17.5. The highest BCUT2D eigenvalue weighted by molar-refractivity contribution is 14.1. The van der Waals surface area contributed by atoms with E-state index < -0.39 is 0 Å². The highest BCUT2D eigenvalue weighted by Gasteiger charge is 2.23. The molecule has 3 aromatic rings. The van der Waals surface area contributed by atoms with Gasteiger partial charge < -0.3 is 0 Å². The normalized spacial score (nSPS) is 19.6. The third-order valence-corrected chi connectivity index (χ3v) is 6.30. The van der Waals surface area contributed by atoms with Crippen molar-refractivity contribution in [3.8, 4) is 0 Å². The third kappa shape index (κ3) is 3.37. The second-order valence-corrected chi connectivity index (χ2v) is 8.41. The van der Waals surface area contributed by atoms with Crippen molar-refractivity contribution in [2.24, 2.45) is 5.92 Å². The average Bonchev–Trinajstić information content (AvgIpc) is 2.67. The molecular formula is C25H23I. The molecule has 0 saturated carbocycles. The molecule has 0 aliphatic heterocycles. The van der Waals surface area contributed by atoms with Gasteiger partial charge in [0, 0.05) is 3.57 Å². The van der Waals surface area contributed by atoms with Crippen molar-refractivity contribution in [1.82, 2.24) is 0 Å². The summed E-state index contributed by atoms with van der Waals surface area (Å²) in [4.78, 5) is 0. The minimum Gasteiger partial charge on any atom is -0.0838 e. The quantitative estimate of drug-likeness (QED) is 0.359. The van der Waals surface area contributed by atoms with Crippen molar-refractivity contribution in [1.29, 1.82) is 0 Å². The Bertz CT molecular complexity index is 1010. The molecule has 0 bridgehead atoms. The van der Waals surface area contributed by atoms with Gasteiger partial charge >= 0.3 is 0 Å². The summed E-state index contributed by atoms with van der Waals surface area (Å²) in [6.45, 7) is 4.53. The average molecular weight is 450 g/mol. The second-order valence-electron chi connectivity index (χ2n) is 7.16. The van der Waals surface area contributed by atoms with Crippen LogP contribution in [0.5, 0.6) is 0 Å². The summed E-state index contributed by atoms with van der Waals surface area (Å²) < 4.78 is 1.29. The van der Waals surface area contributed by atoms with Crippen LogP contribution in [0.4, 0.5) is 0 Å². The van der Waals surface area contributed by atoms with Gasteiger partial charge in [0.25, 0.3) is 0 Å². The fourth-order valence-electron chi connectivity index (χ4n) is 4.02. The summed E-state index contributed by atoms with van der Waals surface area (Å²) >= 11 is 2.38. The van der Waals surface area contributed by atoms with Gasteiger partial charge in [0.1, 0.15) is 0 Å². The first-order chi connectivity index (χ1) is 12.7. The van der Waals surface area contributed by atoms with Gasteiger partial charge in [0.15, 0.2) is 0 Å². The summed E-state index contributed by atoms with van der Waals surface area (Å²) in [5, 5.41) is 2.64. The molecule has 0 fully saturated rings. The molecule has 0 spiro atoms. The largest absolute Gasteiger partial charge is 0.0838 e. The van der Waals surface area contributed by atoms with E-state index in [0.29, 0.717) is 11.8 Å². The molecule has 2 atom stereocenters. The zero-order valence-electron chi connectivity index (χ0n) is 15.2. The van der Waals surface area contributed by atoms with Crippen LogP contribution < -0.4 is 0 Å². The lowest BCUT2D eigenvalue weighted by molar-refractivity contribution is 0.549. The molecule has 2 unspecified atom stereocenters. The number of allylic oxidation sites excluding steroid dienone is 3. The molecule has 0 heterocycles. The third-order valence-electron chi connectivity index (χ3n) is 5.63. The maximum atomic E-state index is 2.40. The zero-order valence-corrected chi connectivity index (χ0v) is 17.4. The van der Waals surface area contributed by atoms with Crippen LogP contribution in [0.2, 0.25) is 0 Å². The molecule has 0 amide bonds. The Morgan fingerprint density at radius 3 is 2.62 bits per heavy atom. The van der Waals surface area contributed by atoms with E-state index in [2.05, 4.69) is 115 Å². The fraction of sp³-hybridized carbons (Fsp3) is 0.200. The number of benzene rings is 3. The lowest BCUT2D eigenvalue weighted by atomic mass is 9.77. The van der Waals surface area contributed by atoms with Gasteiger partial charge in [-0.15, -0.1) is 0 Å². The lowest BCUT2D eigenvalue weighted by Crippen LogP contribution is -2.13. The van der Waals surface area contributed by atoms with Crippen LogP contribution in [0.25, 0.3) is 22.4 Å². The van der Waals surface area contributed by atoms with Gasteiger partial charge in [0.05, 0.1) is 0 Å². The van der Waals surface area contributed by atoms with Crippen LogP contribution >= 0.6 is 22.6 Å². The monoisotopic (exact) mass is 450 g/mol. The Kier molecular flexibility index (Phi) is 4.99. The van der Waals surface area contributed by atoms with Crippen LogP contribution in [-0.2, 0) is 0 Å². The van der Waals surface area contributed by atoms with E-state index in [1.165, 1.54) is 36.6 Å². The van der Waals surface area contributed by atoms with Gasteiger partial charge in [0.2, 0.25) is 0 Å². The number of hydrogen-bond acceptors (Lipinski definition) is 0. The van der Waals surface area contributed by atoms with E-state index >= 15 is 0 Å². The van der Waals surface area contributed by atoms with E-state index in [1.54, 1.807) is 0 Å². The molecule has 1 aliphatic carbocycles. The number of hydrogen-bond donors (Lipinski definition) is 0. The standard InChI is InChI=1S/C25H23I/c1-3-18(21-10-11-23-16-24(26)13-12-22(23)15-21)14-20-9-8-19-6-4-5-7-25(19)17(20)2/h3-13,15-17,20H,14H2,1-2H3/b18-3+. The predicted octanol–water partition coefficient (Wildman–Crippen LogP) is 7.68. The van der Waals surface area contributed by atoms with Gasteiger partial charge in [-0.2, -0.15) is 0 Å². The highest BCUT2D eigenvalue weighted by Crippen LogP contribution is 2.39. The number of halogens is 1. The minimum absolute atomic E-state index is 0.545. The summed E-state index contributed by atoms with van der Waals surface area (Å²) in [7, 11) is 0. The van der Waals surface area contributed by atoms with Crippen LogP contribution in [0.15, 0.2) is 72.8 Å². The Balaban J connectivity index is 1.62. The van der Waals surface area contributed by atoms with Crippen LogP contribution in [0, 0.1) is 9.49 Å².